The Labute approximate surface area is 249 Å². The van der Waals surface area contributed by atoms with Gasteiger partial charge in [-0.05, 0) is 67.6 Å². The Morgan fingerprint density at radius 2 is 1.52 bits per heavy atom. The number of amides is 1. The van der Waals surface area contributed by atoms with E-state index < -0.39 is 5.25 Å². The summed E-state index contributed by atoms with van der Waals surface area (Å²) in [6, 6.07) is 20.8. The summed E-state index contributed by atoms with van der Waals surface area (Å²) in [5.74, 6) is 1.33. The van der Waals surface area contributed by atoms with Gasteiger partial charge in [-0.2, -0.15) is 0 Å². The summed E-state index contributed by atoms with van der Waals surface area (Å²) < 4.78 is 10.6. The molecule has 0 saturated carbocycles. The fourth-order valence-corrected chi connectivity index (χ4v) is 5.71. The van der Waals surface area contributed by atoms with Gasteiger partial charge >= 0.3 is 0 Å². The van der Waals surface area contributed by atoms with E-state index in [1.807, 2.05) is 66.9 Å². The van der Waals surface area contributed by atoms with E-state index in [4.69, 9.17) is 37.7 Å². The second-order valence-corrected chi connectivity index (χ2v) is 11.6. The van der Waals surface area contributed by atoms with E-state index in [0.717, 1.165) is 39.6 Å². The maximum absolute atomic E-state index is 13.1. The maximum atomic E-state index is 13.1. The number of nitrogens with one attached hydrogen (secondary N) is 2. The molecule has 2 heterocycles. The molecule has 5 rings (SSSR count). The largest absolute Gasteiger partial charge is 0.497 e. The molecule has 2 aromatic heterocycles. The minimum Gasteiger partial charge on any atom is -0.497 e. The third kappa shape index (κ3) is 6.28. The van der Waals surface area contributed by atoms with Crippen molar-refractivity contribution >= 4 is 57.3 Å². The summed E-state index contributed by atoms with van der Waals surface area (Å²) in [5.41, 5.74) is 5.01. The minimum atomic E-state index is -0.448. The van der Waals surface area contributed by atoms with Gasteiger partial charge in [-0.3, -0.25) is 4.79 Å². The number of hydrogen-bond acceptors (Lipinski definition) is 7. The molecule has 0 saturated heterocycles. The first-order valence-electron chi connectivity index (χ1n) is 12.1. The average Bonchev–Trinajstić information content (AvgIpc) is 3.62. The lowest BCUT2D eigenvalue weighted by Crippen LogP contribution is -2.22. The van der Waals surface area contributed by atoms with E-state index >= 15 is 0 Å². The molecular formula is C29H24Cl2N4O3S2. The standard InChI is InChI=1S/C29H24Cl2N4O3S2/c1-16(27(36)35-28-32-24(15-39-28)19-8-13-22(30)23(31)14-19)40-29-33-25(17-4-9-20(37-2)10-5-17)26(34-29)18-6-11-21(38-3)12-7-18/h4-16H,1-3H3,(H,33,34)(H,32,35,36). The van der Waals surface area contributed by atoms with Gasteiger partial charge in [0, 0.05) is 22.1 Å². The van der Waals surface area contributed by atoms with Gasteiger partial charge in [0.2, 0.25) is 5.91 Å². The SMILES string of the molecule is COc1ccc(-c2nc(SC(C)C(=O)Nc3nc(-c4ccc(Cl)c(Cl)c4)cs3)[nH]c2-c2ccc(OC)cc2)cc1. The van der Waals surface area contributed by atoms with Crippen LogP contribution >= 0.6 is 46.3 Å². The van der Waals surface area contributed by atoms with Crippen molar-refractivity contribution in [3.63, 3.8) is 0 Å². The summed E-state index contributed by atoms with van der Waals surface area (Å²) >= 11 is 14.8. The van der Waals surface area contributed by atoms with Crippen molar-refractivity contribution in [1.82, 2.24) is 15.0 Å². The van der Waals surface area contributed by atoms with Crippen LogP contribution < -0.4 is 14.8 Å². The molecule has 2 N–H and O–H groups in total. The van der Waals surface area contributed by atoms with Gasteiger partial charge in [0.05, 0.1) is 46.6 Å². The quantitative estimate of drug-likeness (QED) is 0.163. The van der Waals surface area contributed by atoms with E-state index in [1.54, 1.807) is 26.4 Å². The van der Waals surface area contributed by atoms with E-state index in [1.165, 1.54) is 23.1 Å². The maximum Gasteiger partial charge on any atom is 0.239 e. The second kappa shape index (κ2) is 12.3. The van der Waals surface area contributed by atoms with Crippen LogP contribution in [0, 0.1) is 0 Å². The normalized spacial score (nSPS) is 11.7. The van der Waals surface area contributed by atoms with Gasteiger partial charge < -0.3 is 19.8 Å². The van der Waals surface area contributed by atoms with E-state index in [-0.39, 0.29) is 5.91 Å². The lowest BCUT2D eigenvalue weighted by molar-refractivity contribution is -0.115. The topological polar surface area (TPSA) is 89.1 Å². The van der Waals surface area contributed by atoms with Gasteiger partial charge in [0.15, 0.2) is 10.3 Å². The third-order valence-corrected chi connectivity index (χ3v) is 8.51. The smallest absolute Gasteiger partial charge is 0.239 e. The van der Waals surface area contributed by atoms with Crippen molar-refractivity contribution < 1.29 is 14.3 Å². The Hall–Kier alpha value is -3.50. The van der Waals surface area contributed by atoms with Crippen LogP contribution in [0.1, 0.15) is 6.92 Å². The molecule has 204 valence electrons. The number of benzene rings is 3. The number of imidazole rings is 1. The number of carbonyl (C=O) groups is 1. The Bertz CT molecular complexity index is 1570. The van der Waals surface area contributed by atoms with E-state index in [0.29, 0.717) is 26.0 Å². The number of aromatic amines is 1. The monoisotopic (exact) mass is 610 g/mol. The predicted octanol–water partition coefficient (Wildman–Crippen LogP) is 8.31. The molecule has 0 spiro atoms. The van der Waals surface area contributed by atoms with Crippen molar-refractivity contribution in [2.45, 2.75) is 17.3 Å². The summed E-state index contributed by atoms with van der Waals surface area (Å²) in [4.78, 5) is 25.9. The number of halogens is 2. The van der Waals surface area contributed by atoms with Crippen LogP contribution in [0.5, 0.6) is 11.5 Å². The summed E-state index contributed by atoms with van der Waals surface area (Å²) in [6.07, 6.45) is 0. The number of anilines is 1. The molecule has 5 aromatic rings. The zero-order chi connectivity index (χ0) is 28.2. The number of carbonyl (C=O) groups excluding carboxylic acids is 1. The molecule has 40 heavy (non-hydrogen) atoms. The van der Waals surface area contributed by atoms with E-state index in [2.05, 4.69) is 15.3 Å². The lowest BCUT2D eigenvalue weighted by atomic mass is 10.0. The molecular weight excluding hydrogens is 587 g/mol. The highest BCUT2D eigenvalue weighted by Crippen LogP contribution is 2.36. The summed E-state index contributed by atoms with van der Waals surface area (Å²) in [7, 11) is 3.27. The van der Waals surface area contributed by atoms with Gasteiger partial charge in [-0.15, -0.1) is 11.3 Å². The average molecular weight is 612 g/mol. The van der Waals surface area contributed by atoms with Crippen LogP contribution in [0.15, 0.2) is 77.3 Å². The lowest BCUT2D eigenvalue weighted by Gasteiger charge is -2.08. The van der Waals surface area contributed by atoms with Crippen molar-refractivity contribution in [3.8, 4) is 45.3 Å². The van der Waals surface area contributed by atoms with Gasteiger partial charge in [0.1, 0.15) is 11.5 Å². The number of hydrogen-bond donors (Lipinski definition) is 2. The molecule has 0 aliphatic rings. The predicted molar refractivity (Wildman–Crippen MR) is 164 cm³/mol. The molecule has 11 heteroatoms. The number of thiazole rings is 1. The van der Waals surface area contributed by atoms with Crippen LogP contribution in [0.25, 0.3) is 33.8 Å². The number of thioether (sulfide) groups is 1. The van der Waals surface area contributed by atoms with Crippen molar-refractivity contribution in [2.75, 3.05) is 19.5 Å². The molecule has 0 fully saturated rings. The molecule has 0 aliphatic carbocycles. The van der Waals surface area contributed by atoms with Gasteiger partial charge in [0.25, 0.3) is 0 Å². The Morgan fingerprint density at radius 3 is 2.15 bits per heavy atom. The van der Waals surface area contributed by atoms with E-state index in [9.17, 15) is 4.79 Å². The van der Waals surface area contributed by atoms with Crippen LogP contribution in [-0.4, -0.2) is 40.3 Å². The van der Waals surface area contributed by atoms with Crippen LogP contribution in [0.3, 0.4) is 0 Å². The highest BCUT2D eigenvalue weighted by Gasteiger charge is 2.21. The Kier molecular flexibility index (Phi) is 8.66. The molecule has 7 nitrogen and oxygen atoms in total. The number of methoxy groups -OCH3 is 2. The summed E-state index contributed by atoms with van der Waals surface area (Å²) in [5, 5.41) is 6.36. The third-order valence-electron chi connectivity index (χ3n) is 6.03. The number of H-pyrrole nitrogens is 1. The van der Waals surface area contributed by atoms with Crippen molar-refractivity contribution in [3.05, 3.63) is 82.2 Å². The molecule has 0 bridgehead atoms. The van der Waals surface area contributed by atoms with Gasteiger partial charge in [-0.1, -0.05) is 41.0 Å². The molecule has 1 unspecified atom stereocenters. The first-order chi connectivity index (χ1) is 19.3. The van der Waals surface area contributed by atoms with Crippen molar-refractivity contribution in [2.24, 2.45) is 0 Å². The first-order valence-corrected chi connectivity index (χ1v) is 14.6. The van der Waals surface area contributed by atoms with Crippen LogP contribution in [0.4, 0.5) is 5.13 Å². The fourth-order valence-electron chi connectivity index (χ4n) is 3.88. The van der Waals surface area contributed by atoms with Crippen LogP contribution in [0.2, 0.25) is 10.0 Å². The van der Waals surface area contributed by atoms with Gasteiger partial charge in [-0.25, -0.2) is 9.97 Å². The zero-order valence-corrected chi connectivity index (χ0v) is 24.8. The molecule has 1 atom stereocenters. The Balaban J connectivity index is 1.35. The Morgan fingerprint density at radius 1 is 0.900 bits per heavy atom. The minimum absolute atomic E-state index is 0.187. The number of ether oxygens (including phenoxy) is 2. The fraction of sp³-hybridized carbons (Fsp3) is 0.138. The first kappa shape index (κ1) is 28.0. The van der Waals surface area contributed by atoms with Crippen LogP contribution in [-0.2, 0) is 4.79 Å². The summed E-state index contributed by atoms with van der Waals surface area (Å²) in [6.45, 7) is 1.83. The highest BCUT2D eigenvalue weighted by atomic mass is 35.5. The number of nitrogens with zero attached hydrogens (tertiary/aromatic N) is 2. The molecule has 0 radical (unpaired) electrons. The number of aromatic nitrogens is 3. The second-order valence-electron chi connectivity index (χ2n) is 8.64. The zero-order valence-electron chi connectivity index (χ0n) is 21.7. The highest BCUT2D eigenvalue weighted by molar-refractivity contribution is 8.00. The number of rotatable bonds is 9. The molecule has 0 aliphatic heterocycles. The molecule has 3 aromatic carbocycles. The molecule has 1 amide bonds. The van der Waals surface area contributed by atoms with Crippen molar-refractivity contribution in [1.29, 1.82) is 0 Å².